The lowest BCUT2D eigenvalue weighted by Crippen LogP contribution is -2.40. The third-order valence-electron chi connectivity index (χ3n) is 3.00. The highest BCUT2D eigenvalue weighted by Crippen LogP contribution is 2.26. The molecule has 0 aromatic carbocycles. The largest absolute Gasteiger partial charge is 0.480 e. The van der Waals surface area contributed by atoms with Gasteiger partial charge in [-0.05, 0) is 28.8 Å². The standard InChI is InChI=1S/C10H11N3O6S/c14-10(15)8-2-1-5-12(8)20(18,19)7-3-4-9(11-6-7)13(16)17/h3-4,6,8H,1-2,5H2,(H,14,15)/t8-/m0/s1. The van der Waals surface area contributed by atoms with E-state index >= 15 is 0 Å². The van der Waals surface area contributed by atoms with Crippen LogP contribution in [-0.2, 0) is 14.8 Å². The normalized spacial score (nSPS) is 19.9. The van der Waals surface area contributed by atoms with Crippen molar-refractivity contribution in [1.29, 1.82) is 0 Å². The molecule has 1 saturated heterocycles. The number of aliphatic carboxylic acids is 1. The van der Waals surface area contributed by atoms with Gasteiger partial charge in [-0.2, -0.15) is 4.31 Å². The molecule has 1 atom stereocenters. The van der Waals surface area contributed by atoms with Gasteiger partial charge in [0.25, 0.3) is 0 Å². The molecule has 9 nitrogen and oxygen atoms in total. The minimum absolute atomic E-state index is 0.107. The predicted molar refractivity (Wildman–Crippen MR) is 65.4 cm³/mol. The molecule has 2 heterocycles. The Morgan fingerprint density at radius 3 is 2.70 bits per heavy atom. The van der Waals surface area contributed by atoms with Gasteiger partial charge in [-0.1, -0.05) is 0 Å². The van der Waals surface area contributed by atoms with Gasteiger partial charge in [0.1, 0.15) is 10.9 Å². The number of carboxylic acid groups (broad SMARTS) is 1. The maximum Gasteiger partial charge on any atom is 0.363 e. The van der Waals surface area contributed by atoms with Crippen LogP contribution in [-0.4, -0.2) is 46.3 Å². The zero-order valence-electron chi connectivity index (χ0n) is 10.2. The van der Waals surface area contributed by atoms with Crippen LogP contribution in [0.1, 0.15) is 12.8 Å². The van der Waals surface area contributed by atoms with E-state index in [0.717, 1.165) is 22.6 Å². The SMILES string of the molecule is O=C(O)[C@@H]1CCCN1S(=O)(=O)c1ccc([N+](=O)[O-])nc1. The summed E-state index contributed by atoms with van der Waals surface area (Å²) in [7, 11) is -4.01. The molecular weight excluding hydrogens is 290 g/mol. The van der Waals surface area contributed by atoms with Crippen LogP contribution in [0.2, 0.25) is 0 Å². The molecule has 1 aromatic rings. The summed E-state index contributed by atoms with van der Waals surface area (Å²) in [6, 6.07) is 0.923. The maximum atomic E-state index is 12.3. The Labute approximate surface area is 114 Å². The Hall–Kier alpha value is -2.07. The molecule has 108 valence electrons. The van der Waals surface area contributed by atoms with Gasteiger partial charge in [0.05, 0.1) is 0 Å². The third-order valence-corrected chi connectivity index (χ3v) is 4.89. The van der Waals surface area contributed by atoms with Gasteiger partial charge in [-0.15, -0.1) is 0 Å². The van der Waals surface area contributed by atoms with Crippen LogP contribution in [0.5, 0.6) is 0 Å². The molecule has 1 aromatic heterocycles. The van der Waals surface area contributed by atoms with E-state index in [4.69, 9.17) is 5.11 Å². The fraction of sp³-hybridized carbons (Fsp3) is 0.400. The summed E-state index contributed by atoms with van der Waals surface area (Å²) in [4.78, 5) is 23.9. The van der Waals surface area contributed by atoms with E-state index < -0.39 is 32.8 Å². The van der Waals surface area contributed by atoms with Crippen molar-refractivity contribution in [3.63, 3.8) is 0 Å². The Bertz CT molecular complexity index is 641. The highest BCUT2D eigenvalue weighted by molar-refractivity contribution is 7.89. The number of carboxylic acids is 1. The summed E-state index contributed by atoms with van der Waals surface area (Å²) in [6.45, 7) is 0.107. The van der Waals surface area contributed by atoms with Crippen molar-refractivity contribution in [3.05, 3.63) is 28.4 Å². The van der Waals surface area contributed by atoms with Crippen LogP contribution in [0, 0.1) is 10.1 Å². The molecular formula is C10H11N3O6S. The van der Waals surface area contributed by atoms with Gasteiger partial charge >= 0.3 is 11.8 Å². The number of sulfonamides is 1. The number of rotatable bonds is 4. The molecule has 1 N–H and O–H groups in total. The third kappa shape index (κ3) is 2.47. The van der Waals surface area contributed by atoms with Gasteiger partial charge in [0, 0.05) is 12.6 Å². The molecule has 10 heteroatoms. The van der Waals surface area contributed by atoms with Crippen LogP contribution < -0.4 is 0 Å². The van der Waals surface area contributed by atoms with Gasteiger partial charge in [0.2, 0.25) is 10.0 Å². The molecule has 20 heavy (non-hydrogen) atoms. The number of nitrogens with zero attached hydrogens (tertiary/aromatic N) is 3. The average Bonchev–Trinajstić information content (AvgIpc) is 2.89. The van der Waals surface area contributed by atoms with E-state index in [0.29, 0.717) is 6.42 Å². The van der Waals surface area contributed by atoms with E-state index in [1.165, 1.54) is 0 Å². The zero-order valence-corrected chi connectivity index (χ0v) is 11.0. The van der Waals surface area contributed by atoms with E-state index in [9.17, 15) is 23.3 Å². The number of aromatic nitrogens is 1. The monoisotopic (exact) mass is 301 g/mol. The lowest BCUT2D eigenvalue weighted by molar-refractivity contribution is -0.389. The molecule has 1 aliphatic heterocycles. The maximum absolute atomic E-state index is 12.3. The van der Waals surface area contributed by atoms with Gasteiger partial charge in [0.15, 0.2) is 6.20 Å². The Balaban J connectivity index is 2.35. The molecule has 0 bridgehead atoms. The summed E-state index contributed by atoms with van der Waals surface area (Å²) < 4.78 is 25.5. The number of hydrogen-bond acceptors (Lipinski definition) is 6. The summed E-state index contributed by atoms with van der Waals surface area (Å²) in [5.74, 6) is -1.68. The molecule has 1 fully saturated rings. The molecule has 0 saturated carbocycles. The van der Waals surface area contributed by atoms with E-state index in [2.05, 4.69) is 4.98 Å². The number of hydrogen-bond donors (Lipinski definition) is 1. The second-order valence-corrected chi connectivity index (χ2v) is 6.11. The lowest BCUT2D eigenvalue weighted by atomic mass is 10.2. The first kappa shape index (κ1) is 14.3. The highest BCUT2D eigenvalue weighted by Gasteiger charge is 2.40. The number of nitro groups is 1. The fourth-order valence-electron chi connectivity index (χ4n) is 2.04. The smallest absolute Gasteiger partial charge is 0.363 e. The minimum Gasteiger partial charge on any atom is -0.480 e. The zero-order chi connectivity index (χ0) is 14.9. The topological polar surface area (TPSA) is 131 Å². The van der Waals surface area contributed by atoms with Crippen LogP contribution in [0.25, 0.3) is 0 Å². The summed E-state index contributed by atoms with van der Waals surface area (Å²) >= 11 is 0. The molecule has 2 rings (SSSR count). The van der Waals surface area contributed by atoms with E-state index in [-0.39, 0.29) is 17.9 Å². The van der Waals surface area contributed by atoms with Crippen LogP contribution in [0.15, 0.2) is 23.2 Å². The minimum atomic E-state index is -4.01. The summed E-state index contributed by atoms with van der Waals surface area (Å²) in [5.41, 5.74) is 0. The first-order chi connectivity index (χ1) is 9.34. The second-order valence-electron chi connectivity index (χ2n) is 4.22. The van der Waals surface area contributed by atoms with Crippen LogP contribution >= 0.6 is 0 Å². The van der Waals surface area contributed by atoms with Gasteiger partial charge < -0.3 is 15.2 Å². The molecule has 0 radical (unpaired) electrons. The molecule has 0 aliphatic carbocycles. The van der Waals surface area contributed by atoms with Gasteiger partial charge in [-0.25, -0.2) is 8.42 Å². The van der Waals surface area contributed by atoms with Crippen molar-refractivity contribution in [2.45, 2.75) is 23.8 Å². The van der Waals surface area contributed by atoms with Crippen molar-refractivity contribution in [2.75, 3.05) is 6.54 Å². The molecule has 0 unspecified atom stereocenters. The van der Waals surface area contributed by atoms with Crippen molar-refractivity contribution < 1.29 is 23.2 Å². The van der Waals surface area contributed by atoms with E-state index in [1.54, 1.807) is 0 Å². The first-order valence-corrected chi connectivity index (χ1v) is 7.13. The molecule has 0 spiro atoms. The predicted octanol–water partition coefficient (Wildman–Crippen LogP) is 0.227. The van der Waals surface area contributed by atoms with Crippen LogP contribution in [0.3, 0.4) is 0 Å². The Morgan fingerprint density at radius 2 is 2.20 bits per heavy atom. The van der Waals surface area contributed by atoms with Crippen molar-refractivity contribution >= 4 is 21.8 Å². The van der Waals surface area contributed by atoms with Crippen molar-refractivity contribution in [3.8, 4) is 0 Å². The number of pyridine rings is 1. The highest BCUT2D eigenvalue weighted by atomic mass is 32.2. The number of carbonyl (C=O) groups is 1. The molecule has 1 aliphatic rings. The van der Waals surface area contributed by atoms with Gasteiger partial charge in [-0.3, -0.25) is 4.79 Å². The molecule has 0 amide bonds. The summed E-state index contributed by atoms with van der Waals surface area (Å²) in [5, 5.41) is 19.5. The average molecular weight is 301 g/mol. The van der Waals surface area contributed by atoms with Crippen molar-refractivity contribution in [1.82, 2.24) is 9.29 Å². The quantitative estimate of drug-likeness (QED) is 0.622. The Morgan fingerprint density at radius 1 is 1.50 bits per heavy atom. The van der Waals surface area contributed by atoms with Crippen LogP contribution in [0.4, 0.5) is 5.82 Å². The fourth-order valence-corrected chi connectivity index (χ4v) is 3.64. The first-order valence-electron chi connectivity index (χ1n) is 5.69. The summed E-state index contributed by atoms with van der Waals surface area (Å²) in [6.07, 6.45) is 1.57. The Kier molecular flexibility index (Phi) is 3.68. The van der Waals surface area contributed by atoms with Crippen molar-refractivity contribution in [2.24, 2.45) is 0 Å². The second kappa shape index (κ2) is 5.13. The van der Waals surface area contributed by atoms with E-state index in [1.807, 2.05) is 0 Å². The lowest BCUT2D eigenvalue weighted by Gasteiger charge is -2.20.